The molecule has 0 unspecified atom stereocenters. The number of aliphatic imine (C=N–C) groups is 1. The van der Waals surface area contributed by atoms with Crippen molar-refractivity contribution in [1.82, 2.24) is 4.90 Å². The van der Waals surface area contributed by atoms with Gasteiger partial charge in [0.25, 0.3) is 0 Å². The van der Waals surface area contributed by atoms with Crippen molar-refractivity contribution in [3.8, 4) is 11.5 Å². The Bertz CT molecular complexity index is 1380. The zero-order valence-electron chi connectivity index (χ0n) is 22.9. The van der Waals surface area contributed by atoms with Crippen molar-refractivity contribution in [2.45, 2.75) is 31.2 Å². The second kappa shape index (κ2) is 11.3. The molecule has 39 heavy (non-hydrogen) atoms. The van der Waals surface area contributed by atoms with Crippen LogP contribution in [0.1, 0.15) is 36.0 Å². The van der Waals surface area contributed by atoms with Crippen molar-refractivity contribution in [2.75, 3.05) is 39.3 Å². The van der Waals surface area contributed by atoms with E-state index in [0.29, 0.717) is 18.9 Å². The maximum absolute atomic E-state index is 14.1. The molecule has 7 heteroatoms. The van der Waals surface area contributed by atoms with Crippen molar-refractivity contribution >= 4 is 23.0 Å². The molecule has 3 aromatic carbocycles. The van der Waals surface area contributed by atoms with Gasteiger partial charge >= 0.3 is 0 Å². The van der Waals surface area contributed by atoms with E-state index < -0.39 is 5.41 Å². The number of ether oxygens (including phenoxy) is 2. The smallest absolute Gasteiger partial charge is 0.238 e. The highest BCUT2D eigenvalue weighted by atomic mass is 16.5. The van der Waals surface area contributed by atoms with E-state index in [9.17, 15) is 4.79 Å². The SMILES string of the molecule is COc1ccc(CN2C(=O)C3(CCC3)c3cc(C(C=CN)=Nc4ccccc4)cc(OCCN(C)C)c32)cc1. The van der Waals surface area contributed by atoms with Crippen LogP contribution in [0.3, 0.4) is 0 Å². The van der Waals surface area contributed by atoms with Crippen molar-refractivity contribution in [2.24, 2.45) is 10.7 Å². The molecule has 0 bridgehead atoms. The number of likely N-dealkylation sites (N-methyl/N-ethyl adjacent to an activating group) is 1. The number of fused-ring (bicyclic) bond motifs is 2. The van der Waals surface area contributed by atoms with E-state index >= 15 is 0 Å². The number of hydrogen-bond acceptors (Lipinski definition) is 6. The van der Waals surface area contributed by atoms with Gasteiger partial charge in [0.2, 0.25) is 5.91 Å². The van der Waals surface area contributed by atoms with E-state index in [2.05, 4.69) is 11.0 Å². The molecule has 5 rings (SSSR count). The minimum atomic E-state index is -0.526. The Morgan fingerprint density at radius 3 is 2.46 bits per heavy atom. The summed E-state index contributed by atoms with van der Waals surface area (Å²) >= 11 is 0. The number of benzene rings is 3. The Balaban J connectivity index is 1.62. The first kappa shape index (κ1) is 26.5. The van der Waals surface area contributed by atoms with Crippen LogP contribution in [0.25, 0.3) is 0 Å². The van der Waals surface area contributed by atoms with Crippen LogP contribution in [0.15, 0.2) is 84.0 Å². The average molecular weight is 525 g/mol. The minimum Gasteiger partial charge on any atom is -0.497 e. The lowest BCUT2D eigenvalue weighted by molar-refractivity contribution is -0.126. The van der Waals surface area contributed by atoms with E-state index in [4.69, 9.17) is 20.2 Å². The summed E-state index contributed by atoms with van der Waals surface area (Å²) in [6, 6.07) is 21.8. The number of anilines is 1. The molecule has 1 saturated carbocycles. The third-order valence-electron chi connectivity index (χ3n) is 7.57. The largest absolute Gasteiger partial charge is 0.497 e. The fourth-order valence-corrected chi connectivity index (χ4v) is 5.33. The molecule has 1 aliphatic heterocycles. The van der Waals surface area contributed by atoms with Gasteiger partial charge in [0.15, 0.2) is 0 Å². The molecule has 2 N–H and O–H groups in total. The Morgan fingerprint density at radius 1 is 1.10 bits per heavy atom. The predicted molar refractivity (Wildman–Crippen MR) is 156 cm³/mol. The van der Waals surface area contributed by atoms with E-state index in [1.165, 1.54) is 6.20 Å². The molecular formula is C32H36N4O3. The number of methoxy groups -OCH3 is 1. The van der Waals surface area contributed by atoms with Crippen LogP contribution in [0, 0.1) is 0 Å². The number of allylic oxidation sites excluding steroid dienone is 1. The number of rotatable bonds is 10. The third-order valence-corrected chi connectivity index (χ3v) is 7.57. The van der Waals surface area contributed by atoms with Crippen LogP contribution in [-0.2, 0) is 16.8 Å². The highest BCUT2D eigenvalue weighted by molar-refractivity contribution is 6.14. The standard InChI is InChI=1S/C32H36N4O3/c1-35(2)18-19-39-29-21-24(28(14-17-33)34-25-8-5-4-6-9-25)20-27-30(29)36(31(37)32(27)15-7-16-32)22-23-10-12-26(38-3)13-11-23/h4-6,8-14,17,20-21H,7,15-16,18-19,22,33H2,1-3H3. The highest BCUT2D eigenvalue weighted by Crippen LogP contribution is 2.57. The quantitative estimate of drug-likeness (QED) is 0.369. The van der Waals surface area contributed by atoms with E-state index in [-0.39, 0.29) is 5.91 Å². The monoisotopic (exact) mass is 524 g/mol. The fraction of sp³-hybridized carbons (Fsp3) is 0.312. The molecule has 202 valence electrons. The average Bonchev–Trinajstić information content (AvgIpc) is 3.17. The molecule has 1 heterocycles. The fourth-order valence-electron chi connectivity index (χ4n) is 5.33. The number of carbonyl (C=O) groups excluding carboxylic acids is 1. The first-order valence-corrected chi connectivity index (χ1v) is 13.4. The third kappa shape index (κ3) is 5.27. The van der Waals surface area contributed by atoms with Crippen LogP contribution in [0.2, 0.25) is 0 Å². The molecule has 7 nitrogen and oxygen atoms in total. The molecule has 0 atom stereocenters. The second-order valence-corrected chi connectivity index (χ2v) is 10.4. The molecule has 1 amide bonds. The summed E-state index contributed by atoms with van der Waals surface area (Å²) in [5.74, 6) is 1.63. The van der Waals surface area contributed by atoms with Gasteiger partial charge in [0, 0.05) is 12.1 Å². The minimum absolute atomic E-state index is 0.144. The van der Waals surface area contributed by atoms with Gasteiger partial charge in [-0.3, -0.25) is 4.79 Å². The van der Waals surface area contributed by atoms with E-state index in [0.717, 1.165) is 65.3 Å². The van der Waals surface area contributed by atoms with Crippen LogP contribution in [-0.4, -0.2) is 50.9 Å². The lowest BCUT2D eigenvalue weighted by atomic mass is 9.65. The molecule has 1 aliphatic carbocycles. The maximum Gasteiger partial charge on any atom is 0.238 e. The topological polar surface area (TPSA) is 80.4 Å². The van der Waals surface area contributed by atoms with E-state index in [1.54, 1.807) is 13.2 Å². The Hall–Kier alpha value is -4.10. The summed E-state index contributed by atoms with van der Waals surface area (Å²) in [5, 5.41) is 0. The number of carbonyl (C=O) groups is 1. The van der Waals surface area contributed by atoms with Gasteiger partial charge in [-0.15, -0.1) is 0 Å². The van der Waals surface area contributed by atoms with Gasteiger partial charge < -0.3 is 25.0 Å². The van der Waals surface area contributed by atoms with Gasteiger partial charge in [-0.25, -0.2) is 4.99 Å². The maximum atomic E-state index is 14.1. The molecule has 1 spiro atoms. The predicted octanol–water partition coefficient (Wildman–Crippen LogP) is 5.20. The van der Waals surface area contributed by atoms with Crippen molar-refractivity contribution in [3.05, 3.63) is 95.7 Å². The Kier molecular flexibility index (Phi) is 7.70. The van der Waals surface area contributed by atoms with Gasteiger partial charge in [-0.2, -0.15) is 0 Å². The molecule has 3 aromatic rings. The summed E-state index contributed by atoms with van der Waals surface area (Å²) in [6.07, 6.45) is 5.99. The molecule has 0 aromatic heterocycles. The van der Waals surface area contributed by atoms with Crippen molar-refractivity contribution in [1.29, 1.82) is 0 Å². The molecule has 0 saturated heterocycles. The number of nitrogens with two attached hydrogens (primary N) is 1. The summed E-state index contributed by atoms with van der Waals surface area (Å²) in [5.41, 5.74) is 10.7. The van der Waals surface area contributed by atoms with Gasteiger partial charge in [0.1, 0.15) is 18.1 Å². The second-order valence-electron chi connectivity index (χ2n) is 10.4. The molecule has 0 radical (unpaired) electrons. The molecule has 2 aliphatic rings. The Labute approximate surface area is 230 Å². The number of para-hydroxylation sites is 1. The zero-order valence-corrected chi connectivity index (χ0v) is 22.9. The van der Waals surface area contributed by atoms with E-state index in [1.807, 2.05) is 79.7 Å². The van der Waals surface area contributed by atoms with Crippen LogP contribution < -0.4 is 20.1 Å². The summed E-state index contributed by atoms with van der Waals surface area (Å²) in [6.45, 7) is 1.72. The van der Waals surface area contributed by atoms with Crippen LogP contribution in [0.5, 0.6) is 11.5 Å². The zero-order chi connectivity index (χ0) is 27.4. The number of hydrogen-bond donors (Lipinski definition) is 1. The lowest BCUT2D eigenvalue weighted by Gasteiger charge is -2.37. The summed E-state index contributed by atoms with van der Waals surface area (Å²) in [7, 11) is 5.69. The van der Waals surface area contributed by atoms with Crippen molar-refractivity contribution < 1.29 is 14.3 Å². The molecule has 1 fully saturated rings. The highest BCUT2D eigenvalue weighted by Gasteiger charge is 2.55. The van der Waals surface area contributed by atoms with Crippen LogP contribution in [0.4, 0.5) is 11.4 Å². The normalized spacial score (nSPS) is 16.2. The first-order chi connectivity index (χ1) is 18.9. The van der Waals surface area contributed by atoms with Gasteiger partial charge in [-0.05, 0) is 86.7 Å². The number of nitrogens with zero attached hydrogens (tertiary/aromatic N) is 3. The van der Waals surface area contributed by atoms with Crippen molar-refractivity contribution in [3.63, 3.8) is 0 Å². The lowest BCUT2D eigenvalue weighted by Crippen LogP contribution is -2.44. The van der Waals surface area contributed by atoms with Gasteiger partial charge in [-0.1, -0.05) is 36.8 Å². The summed E-state index contributed by atoms with van der Waals surface area (Å²) < 4.78 is 11.8. The first-order valence-electron chi connectivity index (χ1n) is 13.4. The van der Waals surface area contributed by atoms with Gasteiger partial charge in [0.05, 0.1) is 36.2 Å². The number of amides is 1. The molecular weight excluding hydrogens is 488 g/mol. The van der Waals surface area contributed by atoms with Crippen LogP contribution >= 0.6 is 0 Å². The Morgan fingerprint density at radius 2 is 1.85 bits per heavy atom. The summed E-state index contributed by atoms with van der Waals surface area (Å²) in [4.78, 5) is 23.0.